The second kappa shape index (κ2) is 8.95. The lowest BCUT2D eigenvalue weighted by Gasteiger charge is -2.24. The first-order chi connectivity index (χ1) is 18.7. The predicted molar refractivity (Wildman–Crippen MR) is 145 cm³/mol. The molecule has 2 aromatic carbocycles. The van der Waals surface area contributed by atoms with Crippen LogP contribution in [-0.4, -0.2) is 32.4 Å². The number of aliphatic hydroxyl groups is 1. The van der Waals surface area contributed by atoms with E-state index in [4.69, 9.17) is 5.73 Å². The number of nitrogens with two attached hydrogens (primary N) is 1. The molecule has 1 aliphatic heterocycles. The van der Waals surface area contributed by atoms with Crippen molar-refractivity contribution in [3.8, 4) is 16.8 Å². The maximum Gasteiger partial charge on any atom is 0.417 e. The van der Waals surface area contributed by atoms with Gasteiger partial charge in [-0.25, -0.2) is 4.98 Å². The topological polar surface area (TPSA) is 97.3 Å². The molecule has 4 heterocycles. The van der Waals surface area contributed by atoms with Crippen molar-refractivity contribution >= 4 is 33.3 Å². The Morgan fingerprint density at radius 2 is 1.87 bits per heavy atom. The van der Waals surface area contributed by atoms with E-state index in [2.05, 4.69) is 16.5 Å². The summed E-state index contributed by atoms with van der Waals surface area (Å²) in [7, 11) is 0. The Balaban J connectivity index is 1.62. The zero-order chi connectivity index (χ0) is 27.5. The molecule has 10 heteroatoms. The minimum atomic E-state index is -4.65. The van der Waals surface area contributed by atoms with Gasteiger partial charge in [0, 0.05) is 47.0 Å². The second-order valence-corrected chi connectivity index (χ2v) is 9.36. The van der Waals surface area contributed by atoms with E-state index in [1.54, 1.807) is 35.4 Å². The van der Waals surface area contributed by atoms with E-state index < -0.39 is 18.0 Å². The fraction of sp³-hybridized carbons (Fsp3) is 0.138. The van der Waals surface area contributed by atoms with Gasteiger partial charge in [0.1, 0.15) is 12.0 Å². The molecule has 0 bridgehead atoms. The molecule has 0 amide bonds. The zero-order valence-corrected chi connectivity index (χ0v) is 20.5. The Hall–Kier alpha value is -4.70. The van der Waals surface area contributed by atoms with Crippen LogP contribution in [0.5, 0.6) is 0 Å². The number of aromatic nitrogens is 3. The number of anilines is 2. The number of nitrogen functional groups attached to an aromatic ring is 1. The van der Waals surface area contributed by atoms with Gasteiger partial charge in [0.05, 0.1) is 22.3 Å². The van der Waals surface area contributed by atoms with Crippen LogP contribution in [0.4, 0.5) is 24.7 Å². The molecule has 0 saturated carbocycles. The van der Waals surface area contributed by atoms with Gasteiger partial charge in [-0.05, 0) is 60.0 Å². The van der Waals surface area contributed by atoms with Crippen LogP contribution in [0.1, 0.15) is 11.1 Å². The molecular formula is C29H22F3N5O2. The first-order valence-corrected chi connectivity index (χ1v) is 12.1. The summed E-state index contributed by atoms with van der Waals surface area (Å²) in [6.07, 6.45) is -0.626. The third-order valence-corrected chi connectivity index (χ3v) is 7.05. The van der Waals surface area contributed by atoms with Gasteiger partial charge >= 0.3 is 6.18 Å². The van der Waals surface area contributed by atoms with Crippen molar-refractivity contribution < 1.29 is 18.3 Å². The Labute approximate surface area is 220 Å². The molecule has 3 aromatic heterocycles. The van der Waals surface area contributed by atoms with Crippen LogP contribution in [0.3, 0.4) is 0 Å². The monoisotopic (exact) mass is 529 g/mol. The molecule has 1 unspecified atom stereocenters. The molecule has 1 atom stereocenters. The number of hydrogen-bond acceptors (Lipinski definition) is 6. The normalized spacial score (nSPS) is 14.1. The minimum Gasteiger partial charge on any atom is -0.384 e. The van der Waals surface area contributed by atoms with E-state index in [0.29, 0.717) is 34.0 Å². The summed E-state index contributed by atoms with van der Waals surface area (Å²) < 4.78 is 43.1. The fourth-order valence-corrected chi connectivity index (χ4v) is 5.20. The van der Waals surface area contributed by atoms with Crippen molar-refractivity contribution in [3.05, 3.63) is 101 Å². The number of benzene rings is 2. The van der Waals surface area contributed by atoms with E-state index >= 15 is 0 Å². The molecule has 0 saturated heterocycles. The number of fused-ring (bicyclic) bond motifs is 4. The zero-order valence-electron chi connectivity index (χ0n) is 20.5. The molecule has 196 valence electrons. The number of pyridine rings is 3. The van der Waals surface area contributed by atoms with Crippen molar-refractivity contribution in [2.75, 3.05) is 17.2 Å². The molecule has 39 heavy (non-hydrogen) atoms. The third-order valence-electron chi connectivity index (χ3n) is 7.05. The average molecular weight is 530 g/mol. The van der Waals surface area contributed by atoms with Crippen LogP contribution >= 0.6 is 0 Å². The predicted octanol–water partition coefficient (Wildman–Crippen LogP) is 5.07. The molecule has 5 aromatic rings. The van der Waals surface area contributed by atoms with Crippen LogP contribution < -0.4 is 16.2 Å². The summed E-state index contributed by atoms with van der Waals surface area (Å²) in [5.41, 5.74) is 7.83. The average Bonchev–Trinajstić information content (AvgIpc) is 3.35. The van der Waals surface area contributed by atoms with E-state index in [1.807, 2.05) is 18.2 Å². The summed E-state index contributed by atoms with van der Waals surface area (Å²) in [4.78, 5) is 23.5. The lowest BCUT2D eigenvalue weighted by Crippen LogP contribution is -2.31. The summed E-state index contributed by atoms with van der Waals surface area (Å²) in [6, 6.07) is 14.2. The summed E-state index contributed by atoms with van der Waals surface area (Å²) >= 11 is 0. The first-order valence-electron chi connectivity index (χ1n) is 12.1. The summed E-state index contributed by atoms with van der Waals surface area (Å²) in [5, 5.41) is 11.5. The molecule has 3 N–H and O–H groups in total. The van der Waals surface area contributed by atoms with Gasteiger partial charge in [0.2, 0.25) is 0 Å². The van der Waals surface area contributed by atoms with E-state index in [1.165, 1.54) is 16.7 Å². The lowest BCUT2D eigenvalue weighted by atomic mass is 9.98. The maximum absolute atomic E-state index is 13.9. The highest BCUT2D eigenvalue weighted by Crippen LogP contribution is 2.39. The Kier molecular flexibility index (Phi) is 5.65. The number of nitrogens with zero attached hydrogens (tertiary/aromatic N) is 4. The van der Waals surface area contributed by atoms with Gasteiger partial charge in [0.15, 0.2) is 0 Å². The molecule has 1 aliphatic rings. The second-order valence-electron chi connectivity index (χ2n) is 9.36. The van der Waals surface area contributed by atoms with Crippen molar-refractivity contribution in [2.24, 2.45) is 0 Å². The molecule has 0 radical (unpaired) electrons. The minimum absolute atomic E-state index is 0.132. The van der Waals surface area contributed by atoms with Crippen LogP contribution in [0, 0.1) is 0 Å². The number of aliphatic hydroxyl groups excluding tert-OH is 1. The number of alkyl halides is 3. The smallest absolute Gasteiger partial charge is 0.384 e. The van der Waals surface area contributed by atoms with E-state index in [0.717, 1.165) is 29.9 Å². The van der Waals surface area contributed by atoms with Crippen molar-refractivity contribution in [1.29, 1.82) is 0 Å². The highest BCUT2D eigenvalue weighted by Gasteiger charge is 2.34. The van der Waals surface area contributed by atoms with Crippen LogP contribution in [0.15, 0.2) is 84.4 Å². The number of hydrogen-bond donors (Lipinski definition) is 2. The summed E-state index contributed by atoms with van der Waals surface area (Å²) in [5.74, 6) is -0.236. The van der Waals surface area contributed by atoms with Crippen molar-refractivity contribution in [2.45, 2.75) is 18.8 Å². The molecular weight excluding hydrogens is 507 g/mol. The Morgan fingerprint density at radius 1 is 1.05 bits per heavy atom. The molecule has 6 rings (SSSR count). The van der Waals surface area contributed by atoms with Gasteiger partial charge in [-0.1, -0.05) is 18.7 Å². The fourth-order valence-electron chi connectivity index (χ4n) is 5.20. The molecule has 0 aliphatic carbocycles. The largest absolute Gasteiger partial charge is 0.417 e. The lowest BCUT2D eigenvalue weighted by molar-refractivity contribution is -0.137. The highest BCUT2D eigenvalue weighted by molar-refractivity contribution is 6.05. The SMILES string of the molecule is C=CC(O)N1CCc2ccc(-n3c(=O)ccc4cnc5ccc(-c6cnc(N)cc6C(F)(F)F)cc5c43)cc21. The molecule has 0 spiro atoms. The Morgan fingerprint density at radius 3 is 2.64 bits per heavy atom. The standard InChI is InChI=1S/C29H22F3N5O2/c1-2-26(38)36-10-9-16-3-6-19(12-24(16)36)37-27(39)8-5-18-14-34-23-7-4-17(11-20(23)28(18)37)21-15-35-25(33)13-22(21)29(30,31)32/h2-8,11-15,26,38H,1,9-10H2,(H2,33,35). The summed E-state index contributed by atoms with van der Waals surface area (Å²) in [6.45, 7) is 4.27. The highest BCUT2D eigenvalue weighted by atomic mass is 19.4. The molecule has 7 nitrogen and oxygen atoms in total. The van der Waals surface area contributed by atoms with Crippen molar-refractivity contribution in [1.82, 2.24) is 14.5 Å². The van der Waals surface area contributed by atoms with Gasteiger partial charge in [-0.2, -0.15) is 13.2 Å². The van der Waals surface area contributed by atoms with E-state index in [9.17, 15) is 23.1 Å². The van der Waals surface area contributed by atoms with Crippen LogP contribution in [0.25, 0.3) is 38.6 Å². The number of rotatable bonds is 4. The van der Waals surface area contributed by atoms with Gasteiger partial charge in [-0.3, -0.25) is 14.3 Å². The van der Waals surface area contributed by atoms with E-state index in [-0.39, 0.29) is 22.5 Å². The van der Waals surface area contributed by atoms with Gasteiger partial charge in [0.25, 0.3) is 5.56 Å². The third kappa shape index (κ3) is 4.09. The molecule has 0 fully saturated rings. The quantitative estimate of drug-likeness (QED) is 0.249. The first kappa shape index (κ1) is 24.6. The van der Waals surface area contributed by atoms with Crippen molar-refractivity contribution in [3.63, 3.8) is 0 Å². The van der Waals surface area contributed by atoms with Gasteiger partial charge in [-0.15, -0.1) is 0 Å². The Bertz CT molecular complexity index is 1850. The maximum atomic E-state index is 13.9. The van der Waals surface area contributed by atoms with Crippen LogP contribution in [-0.2, 0) is 12.6 Å². The number of halogens is 3. The van der Waals surface area contributed by atoms with Gasteiger partial charge < -0.3 is 15.7 Å². The van der Waals surface area contributed by atoms with Crippen LogP contribution in [0.2, 0.25) is 0 Å².